The van der Waals surface area contributed by atoms with Crippen LogP contribution in [0.1, 0.15) is 39.0 Å². The number of carboxylic acids is 1. The number of aliphatic carboxylic acids is 1. The van der Waals surface area contributed by atoms with Crippen LogP contribution in [-0.2, 0) is 9.59 Å². The lowest BCUT2D eigenvalue weighted by molar-refractivity contribution is -0.156. The van der Waals surface area contributed by atoms with Crippen LogP contribution in [0.25, 0.3) is 0 Å². The summed E-state index contributed by atoms with van der Waals surface area (Å²) in [7, 11) is 0. The second-order valence-electron chi connectivity index (χ2n) is 6.54. The van der Waals surface area contributed by atoms with Crippen LogP contribution in [0.5, 0.6) is 0 Å². The first-order valence-electron chi connectivity index (χ1n) is 7.25. The molecule has 0 radical (unpaired) electrons. The molecule has 0 aromatic rings. The molecule has 3 fully saturated rings. The third kappa shape index (κ3) is 1.86. The predicted octanol–water partition coefficient (Wildman–Crippen LogP) is 0.842. The Hall–Kier alpha value is -1.10. The van der Waals surface area contributed by atoms with E-state index < -0.39 is 11.5 Å². The van der Waals surface area contributed by atoms with Gasteiger partial charge in [-0.25, -0.2) is 4.79 Å². The molecule has 2 aliphatic heterocycles. The maximum atomic E-state index is 12.6. The molecule has 0 aromatic heterocycles. The Morgan fingerprint density at radius 2 is 1.95 bits per heavy atom. The number of piperidine rings is 1. The molecule has 2 heterocycles. The SMILES string of the molecule is CC1(C(=O)O)CCCN1C(=O)C1CC12CCNCC2. The molecule has 3 rings (SSSR count). The smallest absolute Gasteiger partial charge is 0.329 e. The second kappa shape index (κ2) is 4.20. The van der Waals surface area contributed by atoms with E-state index in [2.05, 4.69) is 5.32 Å². The van der Waals surface area contributed by atoms with Crippen molar-refractivity contribution in [3.63, 3.8) is 0 Å². The Labute approximate surface area is 113 Å². The number of amides is 1. The molecule has 2 atom stereocenters. The first kappa shape index (κ1) is 12.9. The largest absolute Gasteiger partial charge is 0.480 e. The summed E-state index contributed by atoms with van der Waals surface area (Å²) >= 11 is 0. The summed E-state index contributed by atoms with van der Waals surface area (Å²) < 4.78 is 0. The summed E-state index contributed by atoms with van der Waals surface area (Å²) in [5, 5.41) is 12.7. The van der Waals surface area contributed by atoms with Crippen molar-refractivity contribution in [1.29, 1.82) is 0 Å². The summed E-state index contributed by atoms with van der Waals surface area (Å²) in [6.45, 7) is 4.27. The van der Waals surface area contributed by atoms with Gasteiger partial charge in [-0.3, -0.25) is 4.79 Å². The molecule has 5 heteroatoms. The fraction of sp³-hybridized carbons (Fsp3) is 0.857. The fourth-order valence-electron chi connectivity index (χ4n) is 3.90. The normalized spacial score (nSPS) is 36.5. The highest BCUT2D eigenvalue weighted by Crippen LogP contribution is 2.59. The van der Waals surface area contributed by atoms with E-state index in [9.17, 15) is 14.7 Å². The minimum absolute atomic E-state index is 0.0753. The van der Waals surface area contributed by atoms with Gasteiger partial charge in [-0.05, 0) is 57.5 Å². The van der Waals surface area contributed by atoms with Gasteiger partial charge in [0, 0.05) is 12.5 Å². The Bertz CT molecular complexity index is 417. The van der Waals surface area contributed by atoms with Crippen molar-refractivity contribution in [2.24, 2.45) is 11.3 Å². The van der Waals surface area contributed by atoms with Crippen LogP contribution < -0.4 is 5.32 Å². The number of carbonyl (C=O) groups is 2. The molecule has 0 aromatic carbocycles. The van der Waals surface area contributed by atoms with Gasteiger partial charge in [-0.1, -0.05) is 0 Å². The van der Waals surface area contributed by atoms with Gasteiger partial charge in [0.15, 0.2) is 0 Å². The van der Waals surface area contributed by atoms with Crippen LogP contribution in [0, 0.1) is 11.3 Å². The first-order valence-corrected chi connectivity index (χ1v) is 7.25. The number of rotatable bonds is 2. The molecule has 1 spiro atoms. The van der Waals surface area contributed by atoms with E-state index in [1.807, 2.05) is 0 Å². The van der Waals surface area contributed by atoms with Gasteiger partial charge in [0.05, 0.1) is 0 Å². The number of likely N-dealkylation sites (tertiary alicyclic amines) is 1. The van der Waals surface area contributed by atoms with Gasteiger partial charge < -0.3 is 15.3 Å². The summed E-state index contributed by atoms with van der Waals surface area (Å²) in [5.74, 6) is -0.700. The Morgan fingerprint density at radius 3 is 2.58 bits per heavy atom. The molecule has 0 bridgehead atoms. The van der Waals surface area contributed by atoms with Crippen LogP contribution in [0.15, 0.2) is 0 Å². The van der Waals surface area contributed by atoms with E-state index in [0.29, 0.717) is 13.0 Å². The van der Waals surface area contributed by atoms with Gasteiger partial charge in [0.25, 0.3) is 0 Å². The van der Waals surface area contributed by atoms with Crippen LogP contribution in [0.2, 0.25) is 0 Å². The molecule has 1 aliphatic carbocycles. The summed E-state index contributed by atoms with van der Waals surface area (Å²) in [6.07, 6.45) is 4.45. The van der Waals surface area contributed by atoms with E-state index in [1.54, 1.807) is 11.8 Å². The third-order valence-corrected chi connectivity index (χ3v) is 5.45. The van der Waals surface area contributed by atoms with Gasteiger partial charge in [-0.2, -0.15) is 0 Å². The molecular formula is C14H22N2O3. The number of hydrogen-bond donors (Lipinski definition) is 2. The van der Waals surface area contributed by atoms with Crippen LogP contribution in [0.4, 0.5) is 0 Å². The number of carbonyl (C=O) groups excluding carboxylic acids is 1. The van der Waals surface area contributed by atoms with E-state index in [1.165, 1.54) is 0 Å². The molecule has 3 aliphatic rings. The quantitative estimate of drug-likeness (QED) is 0.777. The third-order valence-electron chi connectivity index (χ3n) is 5.45. The molecule has 5 nitrogen and oxygen atoms in total. The van der Waals surface area contributed by atoms with Crippen molar-refractivity contribution in [2.75, 3.05) is 19.6 Å². The minimum atomic E-state index is -0.978. The van der Waals surface area contributed by atoms with Gasteiger partial charge in [0.2, 0.25) is 5.91 Å². The predicted molar refractivity (Wildman–Crippen MR) is 69.6 cm³/mol. The van der Waals surface area contributed by atoms with Crippen molar-refractivity contribution < 1.29 is 14.7 Å². The van der Waals surface area contributed by atoms with Gasteiger partial charge >= 0.3 is 5.97 Å². The zero-order chi connectivity index (χ0) is 13.7. The molecule has 2 N–H and O–H groups in total. The lowest BCUT2D eigenvalue weighted by Gasteiger charge is -2.32. The molecule has 1 amide bonds. The van der Waals surface area contributed by atoms with Crippen molar-refractivity contribution in [2.45, 2.75) is 44.6 Å². The van der Waals surface area contributed by atoms with Crippen LogP contribution in [0.3, 0.4) is 0 Å². The van der Waals surface area contributed by atoms with E-state index in [0.717, 1.165) is 38.8 Å². The minimum Gasteiger partial charge on any atom is -0.480 e. The average molecular weight is 266 g/mol. The van der Waals surface area contributed by atoms with Crippen molar-refractivity contribution in [3.05, 3.63) is 0 Å². The lowest BCUT2D eigenvalue weighted by atomic mass is 9.91. The number of hydrogen-bond acceptors (Lipinski definition) is 3. The monoisotopic (exact) mass is 266 g/mol. The number of carboxylic acid groups (broad SMARTS) is 1. The van der Waals surface area contributed by atoms with Crippen molar-refractivity contribution in [3.8, 4) is 0 Å². The Kier molecular flexibility index (Phi) is 2.85. The topological polar surface area (TPSA) is 69.6 Å². The first-order chi connectivity index (χ1) is 9.00. The zero-order valence-corrected chi connectivity index (χ0v) is 11.4. The highest BCUT2D eigenvalue weighted by molar-refractivity contribution is 5.90. The summed E-state index contributed by atoms with van der Waals surface area (Å²) in [5.41, 5.74) is -0.794. The van der Waals surface area contributed by atoms with Gasteiger partial charge in [-0.15, -0.1) is 0 Å². The lowest BCUT2D eigenvalue weighted by Crippen LogP contribution is -2.51. The highest BCUT2D eigenvalue weighted by atomic mass is 16.4. The summed E-state index contributed by atoms with van der Waals surface area (Å²) in [4.78, 5) is 25.7. The molecule has 106 valence electrons. The Morgan fingerprint density at radius 1 is 1.26 bits per heavy atom. The summed E-state index contributed by atoms with van der Waals surface area (Å²) in [6, 6.07) is 0. The maximum absolute atomic E-state index is 12.6. The fourth-order valence-corrected chi connectivity index (χ4v) is 3.90. The highest BCUT2D eigenvalue weighted by Gasteiger charge is 2.61. The zero-order valence-electron chi connectivity index (χ0n) is 11.4. The van der Waals surface area contributed by atoms with Crippen molar-refractivity contribution >= 4 is 11.9 Å². The van der Waals surface area contributed by atoms with E-state index >= 15 is 0 Å². The molecule has 2 saturated heterocycles. The van der Waals surface area contributed by atoms with E-state index in [-0.39, 0.29) is 17.2 Å². The molecular weight excluding hydrogens is 244 g/mol. The molecule has 2 unspecified atom stereocenters. The van der Waals surface area contributed by atoms with Crippen LogP contribution in [-0.4, -0.2) is 47.1 Å². The Balaban J connectivity index is 1.73. The maximum Gasteiger partial charge on any atom is 0.329 e. The van der Waals surface area contributed by atoms with E-state index in [4.69, 9.17) is 0 Å². The molecule has 1 saturated carbocycles. The van der Waals surface area contributed by atoms with Crippen molar-refractivity contribution in [1.82, 2.24) is 10.2 Å². The standard InChI is InChI=1S/C14H22N2O3/c1-13(12(18)19)3-2-8-16(13)11(17)10-9-14(10)4-6-15-7-5-14/h10,15H,2-9H2,1H3,(H,18,19). The average Bonchev–Trinajstić information content (AvgIpc) is 2.91. The van der Waals surface area contributed by atoms with Crippen LogP contribution >= 0.6 is 0 Å². The number of nitrogens with zero attached hydrogens (tertiary/aromatic N) is 1. The molecule has 19 heavy (non-hydrogen) atoms. The second-order valence-corrected chi connectivity index (χ2v) is 6.54. The van der Waals surface area contributed by atoms with Gasteiger partial charge in [0.1, 0.15) is 5.54 Å². The number of nitrogens with one attached hydrogen (secondary N) is 1.